The quantitative estimate of drug-likeness (QED) is 0.469. The molecule has 144 valence electrons. The maximum atomic E-state index is 12.8. The number of amides is 2. The van der Waals surface area contributed by atoms with Gasteiger partial charge in [-0.2, -0.15) is 0 Å². The van der Waals surface area contributed by atoms with Crippen LogP contribution in [0.25, 0.3) is 33.0 Å². The summed E-state index contributed by atoms with van der Waals surface area (Å²) in [5.74, 6) is 0.483. The summed E-state index contributed by atoms with van der Waals surface area (Å²) in [4.78, 5) is 31.9. The Bertz CT molecular complexity index is 1320. The summed E-state index contributed by atoms with van der Waals surface area (Å²) in [6.45, 7) is 0. The van der Waals surface area contributed by atoms with Gasteiger partial charge in [0, 0.05) is 39.8 Å². The van der Waals surface area contributed by atoms with Gasteiger partial charge in [-0.3, -0.25) is 14.9 Å². The zero-order chi connectivity index (χ0) is 20.1. The fourth-order valence-corrected chi connectivity index (χ4v) is 3.91. The molecule has 7 nitrogen and oxygen atoms in total. The van der Waals surface area contributed by atoms with E-state index in [2.05, 4.69) is 15.3 Å². The Hall–Kier alpha value is -4.00. The van der Waals surface area contributed by atoms with E-state index >= 15 is 0 Å². The number of imide groups is 1. The Balaban J connectivity index is 1.81. The van der Waals surface area contributed by atoms with Crippen LogP contribution >= 0.6 is 0 Å². The third-order valence-electron chi connectivity index (χ3n) is 5.26. The number of aromatic nitrogens is 2. The number of methoxy groups -OCH3 is 2. The second kappa shape index (κ2) is 6.27. The Labute approximate surface area is 165 Å². The van der Waals surface area contributed by atoms with E-state index in [-0.39, 0.29) is 0 Å². The molecular weight excluding hydrogens is 370 g/mol. The monoisotopic (exact) mass is 387 g/mol. The van der Waals surface area contributed by atoms with E-state index in [0.717, 1.165) is 21.8 Å². The highest BCUT2D eigenvalue weighted by atomic mass is 16.5. The van der Waals surface area contributed by atoms with Gasteiger partial charge in [0.1, 0.15) is 11.5 Å². The maximum absolute atomic E-state index is 12.8. The Morgan fingerprint density at radius 2 is 1.52 bits per heavy atom. The molecular formula is C22H17N3O4. The average Bonchev–Trinajstić information content (AvgIpc) is 3.41. The van der Waals surface area contributed by atoms with Crippen LogP contribution in [0.4, 0.5) is 0 Å². The van der Waals surface area contributed by atoms with Crippen LogP contribution in [-0.4, -0.2) is 36.0 Å². The summed E-state index contributed by atoms with van der Waals surface area (Å²) in [5, 5.41) is 4.05. The van der Waals surface area contributed by atoms with Crippen molar-refractivity contribution in [2.24, 2.45) is 0 Å². The predicted molar refractivity (Wildman–Crippen MR) is 110 cm³/mol. The lowest BCUT2D eigenvalue weighted by Gasteiger charge is -2.05. The first kappa shape index (κ1) is 17.1. The van der Waals surface area contributed by atoms with Crippen LogP contribution in [0.15, 0.2) is 48.8 Å². The van der Waals surface area contributed by atoms with Crippen LogP contribution in [-0.2, 0) is 9.59 Å². The van der Waals surface area contributed by atoms with Crippen molar-refractivity contribution in [3.63, 3.8) is 0 Å². The summed E-state index contributed by atoms with van der Waals surface area (Å²) in [6.07, 6.45) is 3.48. The zero-order valence-corrected chi connectivity index (χ0v) is 15.8. The van der Waals surface area contributed by atoms with Gasteiger partial charge in [-0.15, -0.1) is 0 Å². The number of para-hydroxylation sites is 1. The minimum atomic E-state index is -0.425. The molecule has 1 aliphatic heterocycles. The summed E-state index contributed by atoms with van der Waals surface area (Å²) >= 11 is 0. The molecule has 0 saturated heterocycles. The first-order chi connectivity index (χ1) is 14.1. The third-order valence-corrected chi connectivity index (χ3v) is 5.26. The molecule has 0 radical (unpaired) electrons. The minimum Gasteiger partial charge on any atom is -0.497 e. The van der Waals surface area contributed by atoms with E-state index in [4.69, 9.17) is 9.47 Å². The van der Waals surface area contributed by atoms with Gasteiger partial charge in [-0.25, -0.2) is 0 Å². The van der Waals surface area contributed by atoms with Crippen molar-refractivity contribution < 1.29 is 19.1 Å². The number of rotatable bonds is 4. The summed E-state index contributed by atoms with van der Waals surface area (Å²) in [7, 11) is 3.18. The average molecular weight is 387 g/mol. The van der Waals surface area contributed by atoms with Crippen molar-refractivity contribution in [3.05, 3.63) is 59.9 Å². The largest absolute Gasteiger partial charge is 0.497 e. The highest BCUT2D eigenvalue weighted by Crippen LogP contribution is 2.39. The SMILES string of the molecule is COc1ccc2[nH]cc(C3=C(c4c[nH]c5c(OC)cccc45)C(=O)NC3=O)c2c1. The molecule has 0 saturated carbocycles. The van der Waals surface area contributed by atoms with E-state index in [9.17, 15) is 9.59 Å². The van der Waals surface area contributed by atoms with Crippen LogP contribution in [0.1, 0.15) is 11.1 Å². The van der Waals surface area contributed by atoms with E-state index in [1.165, 1.54) is 0 Å². The lowest BCUT2D eigenvalue weighted by atomic mass is 9.95. The number of benzene rings is 2. The Morgan fingerprint density at radius 3 is 2.24 bits per heavy atom. The van der Waals surface area contributed by atoms with Gasteiger partial charge in [0.2, 0.25) is 0 Å². The molecule has 2 aromatic carbocycles. The molecule has 2 amide bonds. The summed E-state index contributed by atoms with van der Waals surface area (Å²) in [5.41, 5.74) is 3.57. The zero-order valence-electron chi connectivity index (χ0n) is 15.8. The van der Waals surface area contributed by atoms with E-state index < -0.39 is 11.8 Å². The number of carbonyl (C=O) groups excluding carboxylic acids is 2. The molecule has 0 aliphatic carbocycles. The van der Waals surface area contributed by atoms with Crippen molar-refractivity contribution in [1.82, 2.24) is 15.3 Å². The first-order valence-electron chi connectivity index (χ1n) is 9.02. The number of ether oxygens (including phenoxy) is 2. The van der Waals surface area contributed by atoms with E-state index in [1.807, 2.05) is 36.4 Å². The molecule has 0 atom stereocenters. The van der Waals surface area contributed by atoms with Gasteiger partial charge in [0.15, 0.2) is 0 Å². The van der Waals surface area contributed by atoms with Crippen LogP contribution in [0.5, 0.6) is 11.5 Å². The predicted octanol–water partition coefficient (Wildman–Crippen LogP) is 3.23. The van der Waals surface area contributed by atoms with Crippen molar-refractivity contribution in [3.8, 4) is 11.5 Å². The molecule has 0 unspecified atom stereocenters. The number of nitrogens with one attached hydrogen (secondary N) is 3. The first-order valence-corrected chi connectivity index (χ1v) is 9.02. The highest BCUT2D eigenvalue weighted by Gasteiger charge is 2.34. The summed E-state index contributed by atoms with van der Waals surface area (Å²) < 4.78 is 10.7. The number of aromatic amines is 2. The van der Waals surface area contributed by atoms with Crippen LogP contribution < -0.4 is 14.8 Å². The van der Waals surface area contributed by atoms with Crippen LogP contribution in [0.2, 0.25) is 0 Å². The van der Waals surface area contributed by atoms with Crippen molar-refractivity contribution in [2.45, 2.75) is 0 Å². The number of hydrogen-bond donors (Lipinski definition) is 3. The standard InChI is InChI=1S/C22H17N3O4/c1-28-11-6-7-16-13(8-11)15(9-23-16)19-18(21(26)25-22(19)27)14-10-24-20-12(14)4-3-5-17(20)29-2/h3-10,23-24H,1-2H3,(H,25,26,27). The Morgan fingerprint density at radius 1 is 0.793 bits per heavy atom. The fourth-order valence-electron chi connectivity index (χ4n) is 3.91. The van der Waals surface area contributed by atoms with Crippen molar-refractivity contribution >= 4 is 44.8 Å². The molecule has 7 heteroatoms. The molecule has 3 N–H and O–H groups in total. The highest BCUT2D eigenvalue weighted by molar-refractivity contribution is 6.50. The molecule has 5 rings (SSSR count). The van der Waals surface area contributed by atoms with Crippen molar-refractivity contribution in [1.29, 1.82) is 0 Å². The molecule has 4 aromatic rings. The topological polar surface area (TPSA) is 96.2 Å². The number of carbonyl (C=O) groups is 2. The lowest BCUT2D eigenvalue weighted by molar-refractivity contribution is -0.122. The van der Waals surface area contributed by atoms with Crippen LogP contribution in [0, 0.1) is 0 Å². The second-order valence-corrected chi connectivity index (χ2v) is 6.73. The van der Waals surface area contributed by atoms with Gasteiger partial charge < -0.3 is 19.4 Å². The van der Waals surface area contributed by atoms with E-state index in [1.54, 1.807) is 26.6 Å². The Kier molecular flexibility index (Phi) is 3.70. The van der Waals surface area contributed by atoms with Gasteiger partial charge in [-0.1, -0.05) is 12.1 Å². The minimum absolute atomic E-state index is 0.332. The van der Waals surface area contributed by atoms with Gasteiger partial charge in [0.25, 0.3) is 11.8 Å². The fraction of sp³-hybridized carbons (Fsp3) is 0.0909. The smallest absolute Gasteiger partial charge is 0.259 e. The van der Waals surface area contributed by atoms with Crippen molar-refractivity contribution in [2.75, 3.05) is 14.2 Å². The van der Waals surface area contributed by atoms with Crippen LogP contribution in [0.3, 0.4) is 0 Å². The number of H-pyrrole nitrogens is 2. The molecule has 29 heavy (non-hydrogen) atoms. The van der Waals surface area contributed by atoms with Gasteiger partial charge >= 0.3 is 0 Å². The summed E-state index contributed by atoms with van der Waals surface area (Å²) in [6, 6.07) is 11.1. The second-order valence-electron chi connectivity index (χ2n) is 6.73. The molecule has 0 spiro atoms. The maximum Gasteiger partial charge on any atom is 0.259 e. The van der Waals surface area contributed by atoms with Gasteiger partial charge in [0.05, 0.1) is 30.9 Å². The van der Waals surface area contributed by atoms with E-state index in [0.29, 0.717) is 33.8 Å². The normalized spacial score (nSPS) is 14.1. The molecule has 3 heterocycles. The molecule has 0 bridgehead atoms. The lowest BCUT2D eigenvalue weighted by Crippen LogP contribution is -2.22. The molecule has 0 fully saturated rings. The molecule has 2 aromatic heterocycles. The molecule has 1 aliphatic rings. The number of fused-ring (bicyclic) bond motifs is 2. The number of hydrogen-bond acceptors (Lipinski definition) is 4. The third kappa shape index (κ3) is 2.44. The van der Waals surface area contributed by atoms with Gasteiger partial charge in [-0.05, 0) is 24.3 Å².